The van der Waals surface area contributed by atoms with E-state index in [4.69, 9.17) is 9.84 Å². The number of benzene rings is 2. The second kappa shape index (κ2) is 9.43. The average molecular weight is 443 g/mol. The molecule has 0 saturated heterocycles. The Balaban J connectivity index is 1.76. The van der Waals surface area contributed by atoms with Crippen molar-refractivity contribution in [2.75, 3.05) is 27.7 Å². The Bertz CT molecular complexity index is 948. The number of thiol groups is 1. The van der Waals surface area contributed by atoms with Crippen LogP contribution in [0, 0.1) is 0 Å². The zero-order valence-corrected chi connectivity index (χ0v) is 18.6. The van der Waals surface area contributed by atoms with Crippen molar-refractivity contribution in [1.29, 1.82) is 0 Å². The van der Waals surface area contributed by atoms with E-state index >= 15 is 0 Å². The van der Waals surface area contributed by atoms with Gasteiger partial charge in [0.25, 0.3) is 0 Å². The molecular weight excluding hydrogens is 416 g/mol. The summed E-state index contributed by atoms with van der Waals surface area (Å²) in [6.45, 7) is 0.114. The Labute approximate surface area is 187 Å². The third-order valence-corrected chi connectivity index (χ3v) is 5.98. The largest absolute Gasteiger partial charge is 0.480 e. The summed E-state index contributed by atoms with van der Waals surface area (Å²) in [5.74, 6) is -1.65. The first kappa shape index (κ1) is 22.7. The fraction of sp³-hybridized carbons (Fsp3) is 0.348. The third kappa shape index (κ3) is 4.69. The molecule has 0 fully saturated rings. The van der Waals surface area contributed by atoms with Crippen LogP contribution in [0.3, 0.4) is 0 Å². The Kier molecular flexibility index (Phi) is 6.90. The SMILES string of the molecule is CN(C)C(=O)[C@@H](CC(S)C(=O)O)N(C)C(=O)OCC1c2ccccc2-c2ccccc21. The van der Waals surface area contributed by atoms with Gasteiger partial charge in [-0.2, -0.15) is 12.6 Å². The molecule has 0 radical (unpaired) electrons. The van der Waals surface area contributed by atoms with Crippen molar-refractivity contribution in [3.8, 4) is 11.1 Å². The highest BCUT2D eigenvalue weighted by molar-refractivity contribution is 7.81. The lowest BCUT2D eigenvalue weighted by atomic mass is 9.98. The maximum Gasteiger partial charge on any atom is 0.410 e. The van der Waals surface area contributed by atoms with Crippen LogP contribution in [-0.2, 0) is 14.3 Å². The van der Waals surface area contributed by atoms with Crippen molar-refractivity contribution in [3.05, 3.63) is 59.7 Å². The van der Waals surface area contributed by atoms with Gasteiger partial charge >= 0.3 is 12.1 Å². The number of fused-ring (bicyclic) bond motifs is 3. The van der Waals surface area contributed by atoms with Crippen LogP contribution in [-0.4, -0.2) is 71.9 Å². The lowest BCUT2D eigenvalue weighted by molar-refractivity contribution is -0.137. The summed E-state index contributed by atoms with van der Waals surface area (Å²) in [4.78, 5) is 39.1. The number of carbonyl (C=O) groups excluding carboxylic acids is 2. The van der Waals surface area contributed by atoms with Gasteiger partial charge in [0.05, 0.1) is 0 Å². The highest BCUT2D eigenvalue weighted by Gasteiger charge is 2.34. The number of carboxylic acid groups (broad SMARTS) is 1. The fourth-order valence-electron chi connectivity index (χ4n) is 3.86. The molecule has 1 unspecified atom stereocenters. The van der Waals surface area contributed by atoms with Gasteiger partial charge in [-0.15, -0.1) is 0 Å². The summed E-state index contributed by atoms with van der Waals surface area (Å²) in [6, 6.07) is 15.0. The Morgan fingerprint density at radius 1 is 1.00 bits per heavy atom. The number of amides is 2. The van der Waals surface area contributed by atoms with Crippen LogP contribution in [0.25, 0.3) is 11.1 Å². The van der Waals surface area contributed by atoms with Crippen molar-refractivity contribution in [2.24, 2.45) is 0 Å². The summed E-state index contributed by atoms with van der Waals surface area (Å²) >= 11 is 4.03. The average Bonchev–Trinajstić information content (AvgIpc) is 3.08. The number of rotatable bonds is 7. The molecule has 0 aliphatic heterocycles. The van der Waals surface area contributed by atoms with Crippen LogP contribution < -0.4 is 0 Å². The number of ether oxygens (including phenoxy) is 1. The minimum Gasteiger partial charge on any atom is -0.480 e. The predicted molar refractivity (Wildman–Crippen MR) is 120 cm³/mol. The molecule has 7 nitrogen and oxygen atoms in total. The van der Waals surface area contributed by atoms with Gasteiger partial charge in [0, 0.05) is 27.1 Å². The van der Waals surface area contributed by atoms with Crippen molar-refractivity contribution >= 4 is 30.6 Å². The molecule has 0 saturated carbocycles. The first-order valence-electron chi connectivity index (χ1n) is 9.92. The van der Waals surface area contributed by atoms with Crippen LogP contribution in [0.5, 0.6) is 0 Å². The molecule has 0 bridgehead atoms. The zero-order valence-electron chi connectivity index (χ0n) is 17.7. The molecule has 8 heteroatoms. The first-order chi connectivity index (χ1) is 14.7. The van der Waals surface area contributed by atoms with E-state index in [1.165, 1.54) is 11.9 Å². The molecule has 2 atom stereocenters. The normalized spacial score (nSPS) is 14.2. The van der Waals surface area contributed by atoms with E-state index in [1.807, 2.05) is 48.5 Å². The van der Waals surface area contributed by atoms with Crippen LogP contribution in [0.4, 0.5) is 4.79 Å². The fourth-order valence-corrected chi connectivity index (χ4v) is 4.06. The van der Waals surface area contributed by atoms with E-state index in [2.05, 4.69) is 12.6 Å². The topological polar surface area (TPSA) is 87.2 Å². The lowest BCUT2D eigenvalue weighted by Gasteiger charge is -2.30. The van der Waals surface area contributed by atoms with Crippen molar-refractivity contribution < 1.29 is 24.2 Å². The summed E-state index contributed by atoms with van der Waals surface area (Å²) in [5, 5.41) is 8.08. The van der Waals surface area contributed by atoms with Gasteiger partial charge in [0.1, 0.15) is 17.9 Å². The summed E-state index contributed by atoms with van der Waals surface area (Å²) in [6.07, 6.45) is -0.816. The molecule has 1 aliphatic carbocycles. The van der Waals surface area contributed by atoms with Crippen molar-refractivity contribution in [1.82, 2.24) is 9.80 Å². The molecular formula is C23H26N2O5S. The van der Waals surface area contributed by atoms with Gasteiger partial charge in [0.15, 0.2) is 0 Å². The summed E-state index contributed by atoms with van der Waals surface area (Å²) in [5.41, 5.74) is 4.41. The second-order valence-electron chi connectivity index (χ2n) is 7.75. The number of nitrogens with zero attached hydrogens (tertiary/aromatic N) is 2. The highest BCUT2D eigenvalue weighted by atomic mass is 32.1. The molecule has 0 spiro atoms. The molecule has 2 aromatic carbocycles. The quantitative estimate of drug-likeness (QED) is 0.644. The maximum absolute atomic E-state index is 12.8. The van der Waals surface area contributed by atoms with Gasteiger partial charge in [-0.05, 0) is 28.7 Å². The number of carboxylic acids is 1. The van der Waals surface area contributed by atoms with Gasteiger partial charge < -0.3 is 14.7 Å². The number of hydrogen-bond donors (Lipinski definition) is 2. The van der Waals surface area contributed by atoms with Crippen LogP contribution >= 0.6 is 12.6 Å². The Morgan fingerprint density at radius 3 is 2.00 bits per heavy atom. The third-order valence-electron chi connectivity index (χ3n) is 5.55. The number of hydrogen-bond acceptors (Lipinski definition) is 5. The molecule has 31 heavy (non-hydrogen) atoms. The number of carbonyl (C=O) groups is 3. The van der Waals surface area contributed by atoms with Gasteiger partial charge in [-0.3, -0.25) is 14.5 Å². The molecule has 1 aliphatic rings. The Morgan fingerprint density at radius 2 is 1.52 bits per heavy atom. The standard InChI is InChI=1S/C23H26N2O5S/c1-24(2)21(26)19(12-20(31)22(27)28)25(3)23(29)30-13-18-16-10-6-4-8-14(16)15-9-5-7-11-17(15)18/h4-11,18-20,31H,12-13H2,1-3H3,(H,27,28)/t19-,20?/m1/s1. The van der Waals surface area contributed by atoms with Crippen LogP contribution in [0.1, 0.15) is 23.5 Å². The smallest absolute Gasteiger partial charge is 0.410 e. The van der Waals surface area contributed by atoms with E-state index in [9.17, 15) is 14.4 Å². The van der Waals surface area contributed by atoms with E-state index in [0.717, 1.165) is 27.2 Å². The van der Waals surface area contributed by atoms with E-state index in [1.54, 1.807) is 14.1 Å². The molecule has 164 valence electrons. The highest BCUT2D eigenvalue weighted by Crippen LogP contribution is 2.44. The minimum absolute atomic E-state index is 0.107. The predicted octanol–water partition coefficient (Wildman–Crippen LogP) is 3.10. The van der Waals surface area contributed by atoms with E-state index in [0.29, 0.717) is 0 Å². The van der Waals surface area contributed by atoms with Crippen molar-refractivity contribution in [2.45, 2.75) is 23.6 Å². The van der Waals surface area contributed by atoms with Crippen LogP contribution in [0.15, 0.2) is 48.5 Å². The molecule has 2 aromatic rings. The Hall–Kier alpha value is -3.00. The molecule has 0 aromatic heterocycles. The zero-order chi connectivity index (χ0) is 22.7. The monoisotopic (exact) mass is 442 g/mol. The first-order valence-corrected chi connectivity index (χ1v) is 10.4. The molecule has 1 N–H and O–H groups in total. The van der Waals surface area contributed by atoms with Crippen molar-refractivity contribution in [3.63, 3.8) is 0 Å². The van der Waals surface area contributed by atoms with Crippen LogP contribution in [0.2, 0.25) is 0 Å². The maximum atomic E-state index is 12.8. The summed E-state index contributed by atoms with van der Waals surface area (Å²) in [7, 11) is 4.54. The number of likely N-dealkylation sites (N-methyl/N-ethyl adjacent to an activating group) is 2. The van der Waals surface area contributed by atoms with Gasteiger partial charge in [0.2, 0.25) is 5.91 Å². The van der Waals surface area contributed by atoms with E-state index < -0.39 is 29.3 Å². The minimum atomic E-state index is -1.15. The van der Waals surface area contributed by atoms with Gasteiger partial charge in [-0.25, -0.2) is 4.79 Å². The van der Waals surface area contributed by atoms with Gasteiger partial charge in [-0.1, -0.05) is 48.5 Å². The molecule has 3 rings (SSSR count). The molecule has 0 heterocycles. The van der Waals surface area contributed by atoms with E-state index in [-0.39, 0.29) is 18.9 Å². The lowest BCUT2D eigenvalue weighted by Crippen LogP contribution is -2.49. The molecule has 2 amide bonds. The number of aliphatic carboxylic acids is 1. The summed E-state index contributed by atoms with van der Waals surface area (Å²) < 4.78 is 5.60. The second-order valence-corrected chi connectivity index (χ2v) is 8.38.